The number of benzene rings is 1. The average molecular weight is 271 g/mol. The number of amides is 2. The van der Waals surface area contributed by atoms with Gasteiger partial charge in [0.15, 0.2) is 0 Å². The second-order valence-corrected chi connectivity index (χ2v) is 4.79. The summed E-state index contributed by atoms with van der Waals surface area (Å²) in [5.41, 5.74) is 0.993. The number of para-hydroxylation sites is 1. The molecule has 0 bridgehead atoms. The van der Waals surface area contributed by atoms with Crippen molar-refractivity contribution in [3.05, 3.63) is 29.8 Å². The van der Waals surface area contributed by atoms with Crippen LogP contribution in [0.5, 0.6) is 0 Å². The average Bonchev–Trinajstić information content (AvgIpc) is 2.85. The van der Waals surface area contributed by atoms with Crippen LogP contribution in [0, 0.1) is 11.3 Å². The highest BCUT2D eigenvalue weighted by Crippen LogP contribution is 2.14. The molecule has 2 rings (SSSR count). The molecule has 0 spiro atoms. The summed E-state index contributed by atoms with van der Waals surface area (Å²) in [6, 6.07) is 8.95. The van der Waals surface area contributed by atoms with Gasteiger partial charge in [0.25, 0.3) is 0 Å². The topological polar surface area (TPSA) is 73.2 Å². The first-order valence-electron chi connectivity index (χ1n) is 6.77. The van der Waals surface area contributed by atoms with E-state index in [2.05, 4.69) is 5.32 Å². The first-order valence-corrected chi connectivity index (χ1v) is 6.77. The van der Waals surface area contributed by atoms with Crippen molar-refractivity contribution >= 4 is 17.5 Å². The second-order valence-electron chi connectivity index (χ2n) is 4.79. The number of hydrogen-bond acceptors (Lipinski definition) is 3. The van der Waals surface area contributed by atoms with Crippen LogP contribution in [0.15, 0.2) is 24.3 Å². The number of anilines is 1. The van der Waals surface area contributed by atoms with Crippen molar-refractivity contribution in [2.24, 2.45) is 0 Å². The van der Waals surface area contributed by atoms with E-state index in [9.17, 15) is 9.59 Å². The van der Waals surface area contributed by atoms with Gasteiger partial charge in [-0.15, -0.1) is 0 Å². The van der Waals surface area contributed by atoms with Crippen molar-refractivity contribution < 1.29 is 9.59 Å². The maximum atomic E-state index is 11.8. The van der Waals surface area contributed by atoms with Gasteiger partial charge in [0, 0.05) is 25.9 Å². The Morgan fingerprint density at radius 1 is 1.40 bits per heavy atom. The molecule has 1 saturated heterocycles. The maximum Gasteiger partial charge on any atom is 0.224 e. The summed E-state index contributed by atoms with van der Waals surface area (Å²) in [6.07, 6.45) is 2.54. The van der Waals surface area contributed by atoms with Gasteiger partial charge in [-0.05, 0) is 25.0 Å². The van der Waals surface area contributed by atoms with E-state index in [0.29, 0.717) is 37.1 Å². The molecule has 1 aliphatic heterocycles. The van der Waals surface area contributed by atoms with E-state index in [1.54, 1.807) is 29.2 Å². The quantitative estimate of drug-likeness (QED) is 0.888. The Morgan fingerprint density at radius 3 is 2.90 bits per heavy atom. The summed E-state index contributed by atoms with van der Waals surface area (Å²) >= 11 is 0. The van der Waals surface area contributed by atoms with Crippen molar-refractivity contribution in [3.8, 4) is 6.07 Å². The Bertz CT molecular complexity index is 548. The zero-order chi connectivity index (χ0) is 14.4. The van der Waals surface area contributed by atoms with E-state index < -0.39 is 0 Å². The van der Waals surface area contributed by atoms with Crippen LogP contribution in [-0.2, 0) is 9.59 Å². The van der Waals surface area contributed by atoms with Crippen LogP contribution in [0.1, 0.15) is 31.2 Å². The van der Waals surface area contributed by atoms with Crippen molar-refractivity contribution in [2.75, 3.05) is 18.4 Å². The molecule has 0 aromatic heterocycles. The van der Waals surface area contributed by atoms with E-state index in [-0.39, 0.29) is 11.8 Å². The number of nitrogens with zero attached hydrogens (tertiary/aromatic N) is 2. The second kappa shape index (κ2) is 6.71. The van der Waals surface area contributed by atoms with E-state index >= 15 is 0 Å². The van der Waals surface area contributed by atoms with Gasteiger partial charge in [0.05, 0.1) is 11.3 Å². The summed E-state index contributed by atoms with van der Waals surface area (Å²) in [4.78, 5) is 25.0. The summed E-state index contributed by atoms with van der Waals surface area (Å²) in [7, 11) is 0. The fraction of sp³-hybridized carbons (Fsp3) is 0.400. The standard InChI is InChI=1S/C15H17N3O2/c16-11-12-5-1-2-6-13(12)17-14(19)7-3-9-18-10-4-8-15(18)20/h1-2,5-6H,3-4,7-10H2,(H,17,19). The fourth-order valence-electron chi connectivity index (χ4n) is 2.27. The lowest BCUT2D eigenvalue weighted by Crippen LogP contribution is -2.26. The van der Waals surface area contributed by atoms with E-state index in [1.165, 1.54) is 0 Å². The zero-order valence-corrected chi connectivity index (χ0v) is 11.3. The minimum atomic E-state index is -0.126. The van der Waals surface area contributed by atoms with Crippen LogP contribution in [0.25, 0.3) is 0 Å². The highest BCUT2D eigenvalue weighted by Gasteiger charge is 2.19. The van der Waals surface area contributed by atoms with Crippen molar-refractivity contribution in [1.29, 1.82) is 5.26 Å². The summed E-state index contributed by atoms with van der Waals surface area (Å²) < 4.78 is 0. The lowest BCUT2D eigenvalue weighted by Gasteiger charge is -2.14. The minimum absolute atomic E-state index is 0.126. The van der Waals surface area contributed by atoms with Gasteiger partial charge >= 0.3 is 0 Å². The van der Waals surface area contributed by atoms with Crippen LogP contribution in [0.4, 0.5) is 5.69 Å². The molecule has 5 heteroatoms. The van der Waals surface area contributed by atoms with Crippen LogP contribution in [0.3, 0.4) is 0 Å². The third kappa shape index (κ3) is 3.58. The van der Waals surface area contributed by atoms with Crippen molar-refractivity contribution in [2.45, 2.75) is 25.7 Å². The number of nitrogens with one attached hydrogen (secondary N) is 1. The molecule has 0 aliphatic carbocycles. The molecule has 0 saturated carbocycles. The third-order valence-corrected chi connectivity index (χ3v) is 3.32. The Morgan fingerprint density at radius 2 is 2.20 bits per heavy atom. The number of hydrogen-bond donors (Lipinski definition) is 1. The number of nitriles is 1. The molecule has 2 amide bonds. The zero-order valence-electron chi connectivity index (χ0n) is 11.3. The molecule has 0 unspecified atom stereocenters. The molecule has 1 N–H and O–H groups in total. The Labute approximate surface area is 118 Å². The molecule has 1 aromatic rings. The van der Waals surface area contributed by atoms with Gasteiger partial charge in [-0.3, -0.25) is 9.59 Å². The normalized spacial score (nSPS) is 14.2. The Hall–Kier alpha value is -2.35. The third-order valence-electron chi connectivity index (χ3n) is 3.32. The molecule has 0 atom stereocenters. The fourth-order valence-corrected chi connectivity index (χ4v) is 2.27. The summed E-state index contributed by atoms with van der Waals surface area (Å²) in [6.45, 7) is 1.43. The molecular weight excluding hydrogens is 254 g/mol. The molecule has 5 nitrogen and oxygen atoms in total. The lowest BCUT2D eigenvalue weighted by atomic mass is 10.2. The van der Waals surface area contributed by atoms with Crippen LogP contribution < -0.4 is 5.32 Å². The molecule has 1 fully saturated rings. The number of carbonyl (C=O) groups is 2. The predicted octanol–water partition coefficient (Wildman–Crippen LogP) is 1.90. The smallest absolute Gasteiger partial charge is 0.224 e. The minimum Gasteiger partial charge on any atom is -0.343 e. The van der Waals surface area contributed by atoms with Crippen LogP contribution in [-0.4, -0.2) is 29.8 Å². The molecule has 1 aromatic carbocycles. The lowest BCUT2D eigenvalue weighted by molar-refractivity contribution is -0.128. The van der Waals surface area contributed by atoms with Crippen molar-refractivity contribution in [3.63, 3.8) is 0 Å². The molecule has 1 aliphatic rings. The van der Waals surface area contributed by atoms with Gasteiger partial charge in [-0.2, -0.15) is 5.26 Å². The van der Waals surface area contributed by atoms with Crippen LogP contribution >= 0.6 is 0 Å². The number of likely N-dealkylation sites (tertiary alicyclic amines) is 1. The predicted molar refractivity (Wildman–Crippen MR) is 74.8 cm³/mol. The highest BCUT2D eigenvalue weighted by molar-refractivity contribution is 5.92. The first kappa shape index (κ1) is 14.1. The van der Waals surface area contributed by atoms with E-state index in [1.807, 2.05) is 6.07 Å². The van der Waals surface area contributed by atoms with Gasteiger partial charge in [-0.1, -0.05) is 12.1 Å². The van der Waals surface area contributed by atoms with Gasteiger partial charge < -0.3 is 10.2 Å². The monoisotopic (exact) mass is 271 g/mol. The molecule has 20 heavy (non-hydrogen) atoms. The molecular formula is C15H17N3O2. The van der Waals surface area contributed by atoms with Crippen LogP contribution in [0.2, 0.25) is 0 Å². The summed E-state index contributed by atoms with van der Waals surface area (Å²) in [5.74, 6) is 0.0552. The van der Waals surface area contributed by atoms with Crippen molar-refractivity contribution in [1.82, 2.24) is 4.90 Å². The largest absolute Gasteiger partial charge is 0.343 e. The number of rotatable bonds is 5. The van der Waals surface area contributed by atoms with Gasteiger partial charge in [0.2, 0.25) is 11.8 Å². The molecule has 104 valence electrons. The summed E-state index contributed by atoms with van der Waals surface area (Å²) in [5, 5.41) is 11.7. The maximum absolute atomic E-state index is 11.8. The van der Waals surface area contributed by atoms with Gasteiger partial charge in [0.1, 0.15) is 6.07 Å². The Balaban J connectivity index is 1.78. The first-order chi connectivity index (χ1) is 9.70. The number of carbonyl (C=O) groups excluding carboxylic acids is 2. The van der Waals surface area contributed by atoms with E-state index in [4.69, 9.17) is 5.26 Å². The molecule has 1 heterocycles. The van der Waals surface area contributed by atoms with Gasteiger partial charge in [-0.25, -0.2) is 0 Å². The highest BCUT2D eigenvalue weighted by atomic mass is 16.2. The Kier molecular flexibility index (Phi) is 4.72. The SMILES string of the molecule is N#Cc1ccccc1NC(=O)CCCN1CCCC1=O. The van der Waals surface area contributed by atoms with E-state index in [0.717, 1.165) is 13.0 Å². The molecule has 0 radical (unpaired) electrons.